The number of likely N-dealkylation sites (tertiary alicyclic amines) is 1. The molecule has 0 saturated carbocycles. The Morgan fingerprint density at radius 1 is 1.39 bits per heavy atom. The number of benzene rings is 1. The van der Waals surface area contributed by atoms with Crippen molar-refractivity contribution in [2.24, 2.45) is 5.41 Å². The smallest absolute Gasteiger partial charge is 0.310 e. The number of aryl methyl sites for hydroxylation is 1. The number of rotatable bonds is 4. The summed E-state index contributed by atoms with van der Waals surface area (Å²) in [6, 6.07) is 6.15. The second-order valence-corrected chi connectivity index (χ2v) is 7.31. The molecular weight excluding hydrogens is 292 g/mol. The molecule has 0 atom stereocenters. The minimum absolute atomic E-state index is 0.391. The summed E-state index contributed by atoms with van der Waals surface area (Å²) in [7, 11) is 0. The number of carboxylic acid groups (broad SMARTS) is 1. The standard InChI is InChI=1S/C18H24N2O3/c1-12-4-5-15-14(10-12)16(19-23-15)13-6-8-20(9-7-13)11-18(2,3)17(21)22/h4-5,10,13H,6-9,11H2,1-3H3,(H,21,22). The van der Waals surface area contributed by atoms with E-state index in [1.54, 1.807) is 13.8 Å². The van der Waals surface area contributed by atoms with Gasteiger partial charge in [0.25, 0.3) is 0 Å². The summed E-state index contributed by atoms with van der Waals surface area (Å²) in [4.78, 5) is 13.5. The number of carboxylic acids is 1. The summed E-state index contributed by atoms with van der Waals surface area (Å²) in [6.07, 6.45) is 1.98. The zero-order valence-electron chi connectivity index (χ0n) is 14.0. The molecule has 0 amide bonds. The quantitative estimate of drug-likeness (QED) is 0.936. The summed E-state index contributed by atoms with van der Waals surface area (Å²) in [6.45, 7) is 8.05. The monoisotopic (exact) mass is 316 g/mol. The molecule has 1 aliphatic rings. The summed E-state index contributed by atoms with van der Waals surface area (Å²) in [5.74, 6) is -0.347. The molecule has 2 heterocycles. The van der Waals surface area contributed by atoms with E-state index < -0.39 is 11.4 Å². The summed E-state index contributed by atoms with van der Waals surface area (Å²) in [5.41, 5.74) is 2.41. The number of piperidine rings is 1. The van der Waals surface area contributed by atoms with Crippen LogP contribution < -0.4 is 0 Å². The van der Waals surface area contributed by atoms with Gasteiger partial charge in [-0.15, -0.1) is 0 Å². The fourth-order valence-electron chi connectivity index (χ4n) is 3.36. The second-order valence-electron chi connectivity index (χ2n) is 7.31. The number of aliphatic carboxylic acids is 1. The fourth-order valence-corrected chi connectivity index (χ4v) is 3.36. The van der Waals surface area contributed by atoms with Crippen molar-refractivity contribution in [2.45, 2.75) is 39.5 Å². The number of hydrogen-bond acceptors (Lipinski definition) is 4. The Bertz CT molecular complexity index is 712. The van der Waals surface area contributed by atoms with Crippen LogP contribution in [0.25, 0.3) is 11.0 Å². The molecule has 3 rings (SSSR count). The fraction of sp³-hybridized carbons (Fsp3) is 0.556. The van der Waals surface area contributed by atoms with Gasteiger partial charge in [0, 0.05) is 17.8 Å². The minimum Gasteiger partial charge on any atom is -0.481 e. The van der Waals surface area contributed by atoms with Crippen molar-refractivity contribution in [3.05, 3.63) is 29.5 Å². The Morgan fingerprint density at radius 3 is 2.74 bits per heavy atom. The predicted molar refractivity (Wildman–Crippen MR) is 88.6 cm³/mol. The van der Waals surface area contributed by atoms with Crippen molar-refractivity contribution in [2.75, 3.05) is 19.6 Å². The lowest BCUT2D eigenvalue weighted by atomic mass is 9.88. The third-order valence-electron chi connectivity index (χ3n) is 4.83. The van der Waals surface area contributed by atoms with Gasteiger partial charge in [-0.05, 0) is 58.8 Å². The van der Waals surface area contributed by atoms with Gasteiger partial charge < -0.3 is 14.5 Å². The number of nitrogens with zero attached hydrogens (tertiary/aromatic N) is 2. The van der Waals surface area contributed by atoms with E-state index in [9.17, 15) is 9.90 Å². The van der Waals surface area contributed by atoms with Gasteiger partial charge in [-0.1, -0.05) is 16.8 Å². The van der Waals surface area contributed by atoms with Gasteiger partial charge in [-0.25, -0.2) is 0 Å². The third kappa shape index (κ3) is 3.24. The topological polar surface area (TPSA) is 66.6 Å². The Morgan fingerprint density at radius 2 is 2.09 bits per heavy atom. The van der Waals surface area contributed by atoms with Crippen LogP contribution in [0.15, 0.2) is 22.7 Å². The first-order valence-electron chi connectivity index (χ1n) is 8.18. The molecular formula is C18H24N2O3. The SMILES string of the molecule is Cc1ccc2onc(C3CCN(CC(C)(C)C(=O)O)CC3)c2c1. The highest BCUT2D eigenvalue weighted by molar-refractivity contribution is 5.80. The summed E-state index contributed by atoms with van der Waals surface area (Å²) in [5, 5.41) is 14.7. The molecule has 5 heteroatoms. The van der Waals surface area contributed by atoms with Gasteiger partial charge in [0.1, 0.15) is 0 Å². The lowest BCUT2D eigenvalue weighted by Crippen LogP contribution is -2.42. The van der Waals surface area contributed by atoms with E-state index in [-0.39, 0.29) is 0 Å². The first kappa shape index (κ1) is 16.0. The van der Waals surface area contributed by atoms with Crippen molar-refractivity contribution >= 4 is 16.9 Å². The second kappa shape index (κ2) is 5.96. The van der Waals surface area contributed by atoms with Gasteiger partial charge in [0.15, 0.2) is 5.58 Å². The van der Waals surface area contributed by atoms with Crippen LogP contribution in [-0.2, 0) is 4.79 Å². The zero-order valence-corrected chi connectivity index (χ0v) is 14.0. The molecule has 124 valence electrons. The molecule has 0 radical (unpaired) electrons. The average molecular weight is 316 g/mol. The van der Waals surface area contributed by atoms with E-state index >= 15 is 0 Å². The van der Waals surface area contributed by atoms with E-state index in [1.165, 1.54) is 5.56 Å². The lowest BCUT2D eigenvalue weighted by molar-refractivity contribution is -0.148. The molecule has 0 unspecified atom stereocenters. The molecule has 0 spiro atoms. The molecule has 1 aromatic carbocycles. The molecule has 23 heavy (non-hydrogen) atoms. The van der Waals surface area contributed by atoms with Crippen LogP contribution in [0.4, 0.5) is 0 Å². The number of hydrogen-bond donors (Lipinski definition) is 1. The van der Waals surface area contributed by atoms with Crippen LogP contribution in [0, 0.1) is 12.3 Å². The molecule has 1 fully saturated rings. The van der Waals surface area contributed by atoms with Crippen LogP contribution in [0.3, 0.4) is 0 Å². The van der Waals surface area contributed by atoms with Gasteiger partial charge in [-0.2, -0.15) is 0 Å². The van der Waals surface area contributed by atoms with Crippen LogP contribution >= 0.6 is 0 Å². The van der Waals surface area contributed by atoms with Crippen LogP contribution in [0.2, 0.25) is 0 Å². The molecule has 2 aromatic rings. The maximum Gasteiger partial charge on any atom is 0.310 e. The molecule has 1 N–H and O–H groups in total. The van der Waals surface area contributed by atoms with E-state index in [1.807, 2.05) is 12.1 Å². The highest BCUT2D eigenvalue weighted by atomic mass is 16.5. The molecule has 1 saturated heterocycles. The normalized spacial score (nSPS) is 17.7. The van der Waals surface area contributed by atoms with E-state index in [2.05, 4.69) is 23.0 Å². The van der Waals surface area contributed by atoms with E-state index in [0.717, 1.165) is 42.6 Å². The maximum atomic E-state index is 11.3. The van der Waals surface area contributed by atoms with E-state index in [4.69, 9.17) is 4.52 Å². The highest BCUT2D eigenvalue weighted by Gasteiger charge is 2.32. The van der Waals surface area contributed by atoms with Crippen molar-refractivity contribution < 1.29 is 14.4 Å². The maximum absolute atomic E-state index is 11.3. The number of fused-ring (bicyclic) bond motifs is 1. The van der Waals surface area contributed by atoms with Crippen molar-refractivity contribution in [1.82, 2.24) is 10.1 Å². The summed E-state index contributed by atoms with van der Waals surface area (Å²) < 4.78 is 5.45. The van der Waals surface area contributed by atoms with Gasteiger partial charge in [0.05, 0.1) is 11.1 Å². The average Bonchev–Trinajstić information content (AvgIpc) is 2.90. The highest BCUT2D eigenvalue weighted by Crippen LogP contribution is 2.33. The Hall–Kier alpha value is -1.88. The minimum atomic E-state index is -0.738. The van der Waals surface area contributed by atoms with Crippen molar-refractivity contribution in [1.29, 1.82) is 0 Å². The molecule has 1 aliphatic heterocycles. The first-order chi connectivity index (χ1) is 10.9. The van der Waals surface area contributed by atoms with Crippen molar-refractivity contribution in [3.63, 3.8) is 0 Å². The molecule has 5 nitrogen and oxygen atoms in total. The first-order valence-corrected chi connectivity index (χ1v) is 8.18. The molecule has 0 aliphatic carbocycles. The Labute approximate surface area is 136 Å². The molecule has 0 bridgehead atoms. The predicted octanol–water partition coefficient (Wildman–Crippen LogP) is 3.43. The lowest BCUT2D eigenvalue weighted by Gasteiger charge is -2.35. The summed E-state index contributed by atoms with van der Waals surface area (Å²) >= 11 is 0. The van der Waals surface area contributed by atoms with Crippen LogP contribution in [0.1, 0.15) is 43.9 Å². The number of carbonyl (C=O) groups is 1. The zero-order chi connectivity index (χ0) is 16.6. The van der Waals surface area contributed by atoms with E-state index in [0.29, 0.717) is 12.5 Å². The van der Waals surface area contributed by atoms with Crippen LogP contribution in [0.5, 0.6) is 0 Å². The molecule has 1 aromatic heterocycles. The Kier molecular flexibility index (Phi) is 4.15. The van der Waals surface area contributed by atoms with Crippen molar-refractivity contribution in [3.8, 4) is 0 Å². The van der Waals surface area contributed by atoms with Gasteiger partial charge in [-0.3, -0.25) is 4.79 Å². The largest absolute Gasteiger partial charge is 0.481 e. The van der Waals surface area contributed by atoms with Gasteiger partial charge >= 0.3 is 5.97 Å². The Balaban J connectivity index is 1.69. The number of aromatic nitrogens is 1. The third-order valence-corrected chi connectivity index (χ3v) is 4.83. The van der Waals surface area contributed by atoms with Crippen LogP contribution in [-0.4, -0.2) is 40.8 Å². The van der Waals surface area contributed by atoms with Gasteiger partial charge in [0.2, 0.25) is 0 Å².